The average molecular weight is 478 g/mol. The number of carbonyl (C=O) groups excluding carboxylic acids is 3. The Kier molecular flexibility index (Phi) is 7.34. The summed E-state index contributed by atoms with van der Waals surface area (Å²) in [5.41, 5.74) is 2.46. The molecule has 3 aromatic rings. The molecule has 0 spiro atoms. The minimum Gasteiger partial charge on any atom is -0.351 e. The third kappa shape index (κ3) is 5.32. The van der Waals surface area contributed by atoms with Gasteiger partial charge >= 0.3 is 0 Å². The van der Waals surface area contributed by atoms with Crippen LogP contribution in [0.15, 0.2) is 60.0 Å². The fourth-order valence-corrected chi connectivity index (χ4v) is 4.58. The Morgan fingerprint density at radius 3 is 2.59 bits per heavy atom. The minimum atomic E-state index is -0.826. The van der Waals surface area contributed by atoms with Crippen LogP contribution in [0.2, 0.25) is 0 Å². The molecule has 2 N–H and O–H groups in total. The fraction of sp³-hybridized carbons (Fsp3) is 0.280. The molecule has 1 unspecified atom stereocenters. The van der Waals surface area contributed by atoms with Crippen LogP contribution in [0.1, 0.15) is 44.4 Å². The molecule has 0 fully saturated rings. The summed E-state index contributed by atoms with van der Waals surface area (Å²) in [6, 6.07) is 15.8. The van der Waals surface area contributed by atoms with Gasteiger partial charge < -0.3 is 15.1 Å². The average Bonchev–Trinajstić information content (AvgIpc) is 3.42. The topological polar surface area (TPSA) is 94.6 Å². The summed E-state index contributed by atoms with van der Waals surface area (Å²) in [5.74, 6) is -0.837. The highest BCUT2D eigenvalue weighted by atomic mass is 32.1. The molecule has 8 nitrogen and oxygen atoms in total. The van der Waals surface area contributed by atoms with Gasteiger partial charge in [0.25, 0.3) is 17.7 Å². The molecule has 0 aliphatic carbocycles. The van der Waals surface area contributed by atoms with Crippen molar-refractivity contribution in [2.45, 2.75) is 19.0 Å². The van der Waals surface area contributed by atoms with Gasteiger partial charge in [0.15, 0.2) is 5.13 Å². The largest absolute Gasteiger partial charge is 0.351 e. The van der Waals surface area contributed by atoms with Gasteiger partial charge in [-0.15, -0.1) is 11.3 Å². The Hall–Kier alpha value is -3.56. The van der Waals surface area contributed by atoms with Crippen LogP contribution in [0, 0.1) is 0 Å². The summed E-state index contributed by atoms with van der Waals surface area (Å²) in [7, 11) is 3.96. The smallest absolute Gasteiger partial charge is 0.270 e. The van der Waals surface area contributed by atoms with Gasteiger partial charge in [0.2, 0.25) is 0 Å². The number of nitrogens with one attached hydrogen (secondary N) is 2. The molecule has 2 heterocycles. The Morgan fingerprint density at radius 2 is 1.85 bits per heavy atom. The summed E-state index contributed by atoms with van der Waals surface area (Å²) >= 11 is 1.18. The maximum atomic E-state index is 13.4. The molecule has 1 aliphatic heterocycles. The molecule has 0 bridgehead atoms. The second kappa shape index (κ2) is 10.6. The van der Waals surface area contributed by atoms with E-state index in [1.165, 1.54) is 11.3 Å². The quantitative estimate of drug-likeness (QED) is 0.462. The molecule has 0 radical (unpaired) electrons. The molecule has 176 valence electrons. The van der Waals surface area contributed by atoms with Crippen molar-refractivity contribution in [1.29, 1.82) is 0 Å². The number of fused-ring (bicyclic) bond motifs is 1. The van der Waals surface area contributed by atoms with Gasteiger partial charge in [-0.05, 0) is 44.3 Å². The molecule has 3 amide bonds. The van der Waals surface area contributed by atoms with Gasteiger partial charge in [-0.25, -0.2) is 4.98 Å². The first-order chi connectivity index (χ1) is 16.4. The van der Waals surface area contributed by atoms with E-state index < -0.39 is 6.04 Å². The molecule has 34 heavy (non-hydrogen) atoms. The van der Waals surface area contributed by atoms with Crippen LogP contribution >= 0.6 is 11.3 Å². The number of hydrogen-bond acceptors (Lipinski definition) is 6. The van der Waals surface area contributed by atoms with Gasteiger partial charge in [-0.3, -0.25) is 19.7 Å². The lowest BCUT2D eigenvalue weighted by atomic mass is 10.0. The van der Waals surface area contributed by atoms with E-state index in [0.717, 1.165) is 18.5 Å². The monoisotopic (exact) mass is 477 g/mol. The van der Waals surface area contributed by atoms with Crippen molar-refractivity contribution in [2.24, 2.45) is 0 Å². The van der Waals surface area contributed by atoms with Crippen molar-refractivity contribution in [3.8, 4) is 0 Å². The standard InChI is InChI=1S/C25H27N5O3S/c1-29(2)14-8-13-26-22(31)20-16-34-25(27-20)28-23(32)21(17-9-4-3-5-10-17)30-15-18-11-6-7-12-19(18)24(30)33/h3-7,9-12,16,21H,8,13-15H2,1-2H3,(H,26,31)(H,27,28,32). The molecule has 2 aromatic carbocycles. The first-order valence-electron chi connectivity index (χ1n) is 11.1. The fourth-order valence-electron chi connectivity index (χ4n) is 3.89. The highest BCUT2D eigenvalue weighted by molar-refractivity contribution is 7.14. The first-order valence-corrected chi connectivity index (χ1v) is 11.9. The van der Waals surface area contributed by atoms with Crippen LogP contribution in [0.5, 0.6) is 0 Å². The van der Waals surface area contributed by atoms with Crippen molar-refractivity contribution < 1.29 is 14.4 Å². The highest BCUT2D eigenvalue weighted by Gasteiger charge is 2.37. The van der Waals surface area contributed by atoms with Gasteiger partial charge in [-0.2, -0.15) is 0 Å². The van der Waals surface area contributed by atoms with E-state index in [1.54, 1.807) is 16.3 Å². The lowest BCUT2D eigenvalue weighted by Gasteiger charge is -2.27. The lowest BCUT2D eigenvalue weighted by Crippen LogP contribution is -2.37. The van der Waals surface area contributed by atoms with Crippen LogP contribution in [0.4, 0.5) is 5.13 Å². The number of anilines is 1. The third-order valence-electron chi connectivity index (χ3n) is 5.56. The van der Waals surface area contributed by atoms with Crippen molar-refractivity contribution in [3.05, 3.63) is 82.4 Å². The normalized spacial score (nSPS) is 13.6. The Morgan fingerprint density at radius 1 is 1.12 bits per heavy atom. The second-order valence-electron chi connectivity index (χ2n) is 8.34. The van der Waals surface area contributed by atoms with E-state index in [1.807, 2.05) is 62.6 Å². The molecule has 0 saturated carbocycles. The number of rotatable bonds is 9. The summed E-state index contributed by atoms with van der Waals surface area (Å²) in [5, 5.41) is 7.58. The van der Waals surface area contributed by atoms with E-state index in [9.17, 15) is 14.4 Å². The van der Waals surface area contributed by atoms with Crippen molar-refractivity contribution >= 4 is 34.2 Å². The summed E-state index contributed by atoms with van der Waals surface area (Å²) < 4.78 is 0. The van der Waals surface area contributed by atoms with E-state index in [0.29, 0.717) is 29.3 Å². The Labute approximate surface area is 202 Å². The van der Waals surface area contributed by atoms with Crippen LogP contribution in [0.25, 0.3) is 0 Å². The third-order valence-corrected chi connectivity index (χ3v) is 6.32. The number of amides is 3. The van der Waals surface area contributed by atoms with Crippen LogP contribution in [-0.2, 0) is 11.3 Å². The number of benzene rings is 2. The SMILES string of the molecule is CN(C)CCCNC(=O)c1csc(NC(=O)C(c2ccccc2)N2Cc3ccccc3C2=O)n1. The van der Waals surface area contributed by atoms with E-state index >= 15 is 0 Å². The van der Waals surface area contributed by atoms with Crippen molar-refractivity contribution in [1.82, 2.24) is 20.1 Å². The Bertz CT molecular complexity index is 1180. The molecule has 4 rings (SSSR count). The van der Waals surface area contributed by atoms with Gasteiger partial charge in [0, 0.05) is 24.0 Å². The summed E-state index contributed by atoms with van der Waals surface area (Å²) in [6.45, 7) is 1.77. The molecular weight excluding hydrogens is 450 g/mol. The zero-order valence-electron chi connectivity index (χ0n) is 19.2. The maximum Gasteiger partial charge on any atom is 0.270 e. The van der Waals surface area contributed by atoms with E-state index in [-0.39, 0.29) is 23.4 Å². The van der Waals surface area contributed by atoms with Crippen molar-refractivity contribution in [2.75, 3.05) is 32.5 Å². The number of thiazole rings is 1. The van der Waals surface area contributed by atoms with Gasteiger partial charge in [0.1, 0.15) is 11.7 Å². The first kappa shape index (κ1) is 23.6. The zero-order valence-corrected chi connectivity index (χ0v) is 20.0. The van der Waals surface area contributed by atoms with Crippen molar-refractivity contribution in [3.63, 3.8) is 0 Å². The second-order valence-corrected chi connectivity index (χ2v) is 9.20. The molecule has 1 atom stereocenters. The number of carbonyl (C=O) groups is 3. The molecule has 1 aromatic heterocycles. The van der Waals surface area contributed by atoms with E-state index in [4.69, 9.17) is 0 Å². The highest BCUT2D eigenvalue weighted by Crippen LogP contribution is 2.32. The van der Waals surface area contributed by atoms with Gasteiger partial charge in [-0.1, -0.05) is 48.5 Å². The maximum absolute atomic E-state index is 13.4. The molecular formula is C25H27N5O3S. The van der Waals surface area contributed by atoms with Crippen LogP contribution in [0.3, 0.4) is 0 Å². The predicted molar refractivity (Wildman–Crippen MR) is 132 cm³/mol. The summed E-state index contributed by atoms with van der Waals surface area (Å²) in [4.78, 5) is 46.8. The number of hydrogen-bond donors (Lipinski definition) is 2. The van der Waals surface area contributed by atoms with Gasteiger partial charge in [0.05, 0.1) is 0 Å². The minimum absolute atomic E-state index is 0.184. The number of aromatic nitrogens is 1. The Balaban J connectivity index is 1.47. The lowest BCUT2D eigenvalue weighted by molar-refractivity contribution is -0.120. The summed E-state index contributed by atoms with van der Waals surface area (Å²) in [6.07, 6.45) is 0.831. The van der Waals surface area contributed by atoms with Crippen LogP contribution in [-0.4, -0.2) is 59.7 Å². The van der Waals surface area contributed by atoms with Crippen LogP contribution < -0.4 is 10.6 Å². The molecule has 0 saturated heterocycles. The van der Waals surface area contributed by atoms with E-state index in [2.05, 4.69) is 20.5 Å². The molecule has 9 heteroatoms. The zero-order chi connectivity index (χ0) is 24.1. The predicted octanol–water partition coefficient (Wildman–Crippen LogP) is 3.16. The number of nitrogens with zero attached hydrogens (tertiary/aromatic N) is 3. The molecule has 1 aliphatic rings.